The number of aliphatic hydroxyl groups is 1. The van der Waals surface area contributed by atoms with E-state index in [1.165, 1.54) is 12.3 Å². The lowest BCUT2D eigenvalue weighted by atomic mass is 10.3. The molecule has 0 aliphatic carbocycles. The van der Waals surface area contributed by atoms with Crippen molar-refractivity contribution in [3.63, 3.8) is 0 Å². The van der Waals surface area contributed by atoms with Gasteiger partial charge in [-0.1, -0.05) is 0 Å². The summed E-state index contributed by atoms with van der Waals surface area (Å²) in [5.41, 5.74) is 4.48. The van der Waals surface area contributed by atoms with E-state index in [-0.39, 0.29) is 11.6 Å². The number of rotatable bonds is 8. The number of nitrogens with zero attached hydrogens (tertiary/aromatic N) is 2. The summed E-state index contributed by atoms with van der Waals surface area (Å²) in [5, 5.41) is 9.92. The zero-order chi connectivity index (χ0) is 21.3. The van der Waals surface area contributed by atoms with Crippen LogP contribution in [0.3, 0.4) is 0 Å². The molecule has 1 aromatic rings. The predicted octanol–water partition coefficient (Wildman–Crippen LogP) is -1.06. The van der Waals surface area contributed by atoms with Crippen LogP contribution in [0.2, 0.25) is 0 Å². The first-order chi connectivity index (χ1) is 12.7. The smallest absolute Gasteiger partial charge is 0.469 e. The molecule has 1 aromatic heterocycles. The van der Waals surface area contributed by atoms with Crippen molar-refractivity contribution in [2.45, 2.75) is 12.3 Å². The largest absolute Gasteiger partial charge is 0.490 e. The molecule has 28 heavy (non-hydrogen) atoms. The van der Waals surface area contributed by atoms with Crippen LogP contribution in [0.4, 0.5) is 5.82 Å². The molecule has 7 N–H and O–H groups in total. The maximum absolute atomic E-state index is 11.8. The Kier molecular flexibility index (Phi) is 6.65. The lowest BCUT2D eigenvalue weighted by molar-refractivity contribution is -0.0103. The Labute approximate surface area is 155 Å². The quantitative estimate of drug-likeness (QED) is 0.250. The van der Waals surface area contributed by atoms with E-state index in [1.807, 2.05) is 0 Å². The molecule has 0 saturated carbocycles. The lowest BCUT2D eigenvalue weighted by Gasteiger charge is -2.19. The number of aromatic nitrogens is 2. The molecule has 1 aliphatic heterocycles. The Hall–Kier alpha value is -1.41. The summed E-state index contributed by atoms with van der Waals surface area (Å²) in [6, 6.07) is 1.25. The molecule has 0 amide bonds. The highest BCUT2D eigenvalue weighted by molar-refractivity contribution is 7.66. The van der Waals surface area contributed by atoms with Gasteiger partial charge in [-0.3, -0.25) is 9.09 Å². The summed E-state index contributed by atoms with van der Waals surface area (Å²) in [7, 11) is -16.5. The first kappa shape index (κ1) is 22.9. The van der Waals surface area contributed by atoms with E-state index in [0.29, 0.717) is 0 Å². The third kappa shape index (κ3) is 6.58. The van der Waals surface area contributed by atoms with E-state index in [0.717, 1.165) is 10.6 Å². The molecule has 0 saturated heterocycles. The van der Waals surface area contributed by atoms with Gasteiger partial charge in [0.15, 0.2) is 0 Å². The second-order valence-electron chi connectivity index (χ2n) is 5.04. The van der Waals surface area contributed by atoms with Crippen LogP contribution < -0.4 is 11.4 Å². The van der Waals surface area contributed by atoms with Crippen LogP contribution in [-0.4, -0.2) is 46.9 Å². The van der Waals surface area contributed by atoms with Crippen molar-refractivity contribution in [3.8, 4) is 0 Å². The Bertz CT molecular complexity index is 969. The summed E-state index contributed by atoms with van der Waals surface area (Å²) >= 11 is 0. The van der Waals surface area contributed by atoms with Crippen molar-refractivity contribution >= 4 is 29.3 Å². The number of ether oxygens (including phenoxy) is 1. The number of hydrogen-bond acceptors (Lipinski definition) is 11. The molecule has 0 spiro atoms. The number of nitrogen functional groups attached to an aromatic ring is 1. The van der Waals surface area contributed by atoms with Crippen LogP contribution >= 0.6 is 23.5 Å². The molecule has 2 unspecified atom stereocenters. The molecule has 4 atom stereocenters. The molecule has 0 radical (unpaired) electrons. The Morgan fingerprint density at radius 3 is 2.39 bits per heavy atom. The van der Waals surface area contributed by atoms with Crippen LogP contribution in [0.25, 0.3) is 0 Å². The van der Waals surface area contributed by atoms with Crippen LogP contribution in [-0.2, 0) is 31.6 Å². The monoisotopic (exact) mass is 465 g/mol. The molecule has 19 heteroatoms. The fraction of sp³-hybridized carbons (Fsp3) is 0.333. The topological polar surface area (TPSA) is 250 Å². The fourth-order valence-electron chi connectivity index (χ4n) is 1.91. The minimum Gasteiger partial charge on any atom is -0.469 e. The highest BCUT2D eigenvalue weighted by atomic mass is 31.3. The molecular weight excluding hydrogens is 451 g/mol. The molecule has 0 fully saturated rings. The van der Waals surface area contributed by atoms with E-state index < -0.39 is 48.1 Å². The van der Waals surface area contributed by atoms with Crippen LogP contribution in [0, 0.1) is 0 Å². The van der Waals surface area contributed by atoms with Gasteiger partial charge in [0, 0.05) is 6.20 Å². The molecule has 0 bridgehead atoms. The summed E-state index contributed by atoms with van der Waals surface area (Å²) in [4.78, 5) is 50.4. The summed E-state index contributed by atoms with van der Waals surface area (Å²) in [5.74, 6) is -0.350. The molecule has 0 aromatic carbocycles. The lowest BCUT2D eigenvalue weighted by Crippen LogP contribution is -2.32. The van der Waals surface area contributed by atoms with Gasteiger partial charge in [-0.25, -0.2) is 18.5 Å². The van der Waals surface area contributed by atoms with E-state index in [4.69, 9.17) is 25.2 Å². The van der Waals surface area contributed by atoms with Gasteiger partial charge in [0.25, 0.3) is 0 Å². The van der Waals surface area contributed by atoms with Gasteiger partial charge in [-0.2, -0.15) is 13.6 Å². The van der Waals surface area contributed by atoms with E-state index >= 15 is 0 Å². The van der Waals surface area contributed by atoms with E-state index in [9.17, 15) is 28.5 Å². The number of phosphoric acid groups is 3. The third-order valence-electron chi connectivity index (χ3n) is 2.83. The second kappa shape index (κ2) is 8.14. The Balaban J connectivity index is 2.00. The fourth-order valence-corrected chi connectivity index (χ4v) is 4.89. The summed E-state index contributed by atoms with van der Waals surface area (Å²) < 4.78 is 50.8. The normalized spacial score (nSPS) is 24.1. The third-order valence-corrected chi connectivity index (χ3v) is 6.62. The Morgan fingerprint density at radius 2 is 1.82 bits per heavy atom. The number of anilines is 1. The van der Waals surface area contributed by atoms with Crippen molar-refractivity contribution in [2.75, 3.05) is 12.3 Å². The van der Waals surface area contributed by atoms with Crippen molar-refractivity contribution in [1.82, 2.24) is 9.55 Å². The molecule has 2 heterocycles. The van der Waals surface area contributed by atoms with Crippen LogP contribution in [0.1, 0.15) is 6.23 Å². The predicted molar refractivity (Wildman–Crippen MR) is 86.9 cm³/mol. The van der Waals surface area contributed by atoms with Gasteiger partial charge >= 0.3 is 29.2 Å². The molecule has 16 nitrogen and oxygen atoms in total. The SMILES string of the molecule is Nc1ccn([C@@H]2OC(COP(=O)(O)OP(=O)(O)OP(=O)(O)O)=C[C@H]2O)c(=O)n1. The van der Waals surface area contributed by atoms with Gasteiger partial charge in [-0.05, 0) is 12.1 Å². The van der Waals surface area contributed by atoms with Gasteiger partial charge in [0.05, 0.1) is 0 Å². The maximum atomic E-state index is 11.8. The van der Waals surface area contributed by atoms with Gasteiger partial charge in [-0.15, -0.1) is 0 Å². The average Bonchev–Trinajstić information content (AvgIpc) is 2.82. The van der Waals surface area contributed by atoms with E-state index in [1.54, 1.807) is 0 Å². The number of hydrogen-bond donors (Lipinski definition) is 6. The minimum absolute atomic E-state index is 0.0745. The minimum atomic E-state index is -5.66. The highest BCUT2D eigenvalue weighted by Gasteiger charge is 2.41. The van der Waals surface area contributed by atoms with Crippen LogP contribution in [0.5, 0.6) is 0 Å². The van der Waals surface area contributed by atoms with Crippen molar-refractivity contribution in [1.29, 1.82) is 0 Å². The molecule has 158 valence electrons. The summed E-state index contributed by atoms with van der Waals surface area (Å²) in [6.45, 7) is -0.894. The number of phosphoric ester groups is 1. The van der Waals surface area contributed by atoms with Gasteiger partial charge in [0.2, 0.25) is 6.23 Å². The zero-order valence-corrected chi connectivity index (χ0v) is 16.1. The standard InChI is InChI=1S/C9H14N3O13P3/c10-7-1-2-12(9(14)11-7)8-6(13)3-5(23-8)4-22-27(18,19)25-28(20,21)24-26(15,16)17/h1-3,6,8,13H,4H2,(H,18,19)(H,20,21)(H2,10,11,14)(H2,15,16,17)/t6-,8-/m1/s1. The first-order valence-electron chi connectivity index (χ1n) is 6.86. The van der Waals surface area contributed by atoms with Gasteiger partial charge in [0.1, 0.15) is 24.3 Å². The van der Waals surface area contributed by atoms with Crippen molar-refractivity contribution < 1.29 is 56.3 Å². The molecule has 2 rings (SSSR count). The molecule has 1 aliphatic rings. The van der Waals surface area contributed by atoms with Crippen molar-refractivity contribution in [3.05, 3.63) is 34.6 Å². The van der Waals surface area contributed by atoms with E-state index in [2.05, 4.69) is 18.1 Å². The van der Waals surface area contributed by atoms with Crippen LogP contribution in [0.15, 0.2) is 28.9 Å². The second-order valence-corrected chi connectivity index (χ2v) is 9.46. The number of nitrogens with two attached hydrogens (primary N) is 1. The first-order valence-corrected chi connectivity index (χ1v) is 11.4. The highest BCUT2D eigenvalue weighted by Crippen LogP contribution is 2.66. The zero-order valence-electron chi connectivity index (χ0n) is 13.4. The average molecular weight is 465 g/mol. The summed E-state index contributed by atoms with van der Waals surface area (Å²) in [6.07, 6.45) is -0.529. The Morgan fingerprint density at radius 1 is 1.18 bits per heavy atom. The van der Waals surface area contributed by atoms with Crippen molar-refractivity contribution in [2.24, 2.45) is 0 Å². The van der Waals surface area contributed by atoms with Gasteiger partial charge < -0.3 is 35.2 Å². The molecular formula is C9H14N3O13P3. The maximum Gasteiger partial charge on any atom is 0.490 e. The number of aliphatic hydroxyl groups excluding tert-OH is 1.